The van der Waals surface area contributed by atoms with Crippen LogP contribution in [0, 0.1) is 0 Å². The number of phenols is 1. The van der Waals surface area contributed by atoms with E-state index >= 15 is 0 Å². The number of benzene rings is 1. The van der Waals surface area contributed by atoms with Gasteiger partial charge in [-0.3, -0.25) is 0 Å². The smallest absolute Gasteiger partial charge is 0.144 e. The highest BCUT2D eigenvalue weighted by Crippen LogP contribution is 2.30. The molecular formula is C12H12O3. The fraction of sp³-hybridized carbons (Fsp3) is 0.167. The Balaban J connectivity index is 2.41. The Kier molecular flexibility index (Phi) is 2.25. The summed E-state index contributed by atoms with van der Waals surface area (Å²) in [6, 6.07) is 9.84. The van der Waals surface area contributed by atoms with Gasteiger partial charge in [0.25, 0.3) is 0 Å². The van der Waals surface area contributed by atoms with Crippen molar-refractivity contribution in [1.29, 1.82) is 0 Å². The minimum atomic E-state index is -1.17. The second kappa shape index (κ2) is 3.44. The van der Waals surface area contributed by atoms with Gasteiger partial charge in [0.2, 0.25) is 0 Å². The number of rotatable bonds is 2. The standard InChI is InChI=1S/C12H12O3/c1-12(14,11-3-2-8-15-11)9-4-6-10(13)7-5-9/h2-8,13-14H,1H3. The number of phenolic OH excluding ortho intramolecular Hbond substituents is 1. The Morgan fingerprint density at radius 1 is 1.13 bits per heavy atom. The van der Waals surface area contributed by atoms with Crippen LogP contribution in [0.2, 0.25) is 0 Å². The molecule has 1 aromatic heterocycles. The molecule has 1 heterocycles. The monoisotopic (exact) mass is 204 g/mol. The van der Waals surface area contributed by atoms with E-state index in [1.807, 2.05) is 0 Å². The van der Waals surface area contributed by atoms with E-state index in [2.05, 4.69) is 0 Å². The molecule has 0 fully saturated rings. The molecule has 2 aromatic rings. The van der Waals surface area contributed by atoms with Gasteiger partial charge in [0, 0.05) is 0 Å². The Morgan fingerprint density at radius 3 is 2.33 bits per heavy atom. The van der Waals surface area contributed by atoms with E-state index in [4.69, 9.17) is 9.52 Å². The maximum absolute atomic E-state index is 10.3. The van der Waals surface area contributed by atoms with E-state index in [1.54, 1.807) is 31.2 Å². The second-order valence-electron chi connectivity index (χ2n) is 3.60. The van der Waals surface area contributed by atoms with Crippen LogP contribution in [0.5, 0.6) is 5.75 Å². The molecule has 3 heteroatoms. The van der Waals surface area contributed by atoms with E-state index in [0.717, 1.165) is 0 Å². The first kappa shape index (κ1) is 9.80. The highest BCUT2D eigenvalue weighted by Gasteiger charge is 2.28. The van der Waals surface area contributed by atoms with Crippen molar-refractivity contribution in [1.82, 2.24) is 0 Å². The lowest BCUT2D eigenvalue weighted by Crippen LogP contribution is -2.21. The summed E-state index contributed by atoms with van der Waals surface area (Å²) in [5, 5.41) is 19.4. The van der Waals surface area contributed by atoms with Gasteiger partial charge in [-0.25, -0.2) is 0 Å². The minimum Gasteiger partial charge on any atom is -0.508 e. The average molecular weight is 204 g/mol. The fourth-order valence-corrected chi connectivity index (χ4v) is 1.48. The van der Waals surface area contributed by atoms with Crippen molar-refractivity contribution in [2.24, 2.45) is 0 Å². The number of aromatic hydroxyl groups is 1. The van der Waals surface area contributed by atoms with Crippen LogP contribution in [-0.4, -0.2) is 10.2 Å². The van der Waals surface area contributed by atoms with Crippen molar-refractivity contribution >= 4 is 0 Å². The lowest BCUT2D eigenvalue weighted by molar-refractivity contribution is 0.0767. The average Bonchev–Trinajstić information content (AvgIpc) is 2.71. The van der Waals surface area contributed by atoms with Crippen LogP contribution in [0.4, 0.5) is 0 Å². The molecule has 1 aromatic carbocycles. The van der Waals surface area contributed by atoms with Crippen molar-refractivity contribution < 1.29 is 14.6 Å². The lowest BCUT2D eigenvalue weighted by Gasteiger charge is -2.21. The molecule has 3 nitrogen and oxygen atoms in total. The first-order valence-corrected chi connectivity index (χ1v) is 4.66. The van der Waals surface area contributed by atoms with E-state index in [-0.39, 0.29) is 5.75 Å². The number of aliphatic hydroxyl groups is 1. The third kappa shape index (κ3) is 1.74. The van der Waals surface area contributed by atoms with Crippen molar-refractivity contribution in [2.45, 2.75) is 12.5 Å². The lowest BCUT2D eigenvalue weighted by atomic mass is 9.93. The van der Waals surface area contributed by atoms with Gasteiger partial charge in [-0.05, 0) is 36.8 Å². The SMILES string of the molecule is CC(O)(c1ccc(O)cc1)c1ccco1. The summed E-state index contributed by atoms with van der Waals surface area (Å²) >= 11 is 0. The normalized spacial score (nSPS) is 14.8. The van der Waals surface area contributed by atoms with Crippen molar-refractivity contribution in [3.8, 4) is 5.75 Å². The molecule has 0 radical (unpaired) electrons. The highest BCUT2D eigenvalue weighted by molar-refractivity contribution is 5.34. The molecule has 0 saturated heterocycles. The zero-order chi connectivity index (χ0) is 10.9. The van der Waals surface area contributed by atoms with Crippen molar-refractivity contribution in [3.63, 3.8) is 0 Å². The van der Waals surface area contributed by atoms with E-state index < -0.39 is 5.60 Å². The van der Waals surface area contributed by atoms with E-state index in [0.29, 0.717) is 11.3 Å². The maximum Gasteiger partial charge on any atom is 0.144 e. The number of furan rings is 1. The third-order valence-electron chi connectivity index (χ3n) is 2.43. The van der Waals surface area contributed by atoms with E-state index in [1.165, 1.54) is 18.4 Å². The van der Waals surface area contributed by atoms with Gasteiger partial charge in [-0.15, -0.1) is 0 Å². The molecule has 78 valence electrons. The van der Waals surface area contributed by atoms with Crippen molar-refractivity contribution in [2.75, 3.05) is 0 Å². The molecule has 15 heavy (non-hydrogen) atoms. The molecule has 0 aliphatic heterocycles. The fourth-order valence-electron chi connectivity index (χ4n) is 1.48. The topological polar surface area (TPSA) is 53.6 Å². The molecule has 0 aliphatic rings. The zero-order valence-electron chi connectivity index (χ0n) is 8.34. The molecular weight excluding hydrogens is 192 g/mol. The third-order valence-corrected chi connectivity index (χ3v) is 2.43. The first-order valence-electron chi connectivity index (χ1n) is 4.66. The quantitative estimate of drug-likeness (QED) is 0.788. The van der Waals surface area contributed by atoms with Crippen LogP contribution in [-0.2, 0) is 5.60 Å². The Labute approximate surface area is 87.6 Å². The van der Waals surface area contributed by atoms with Crippen LogP contribution in [0.15, 0.2) is 47.1 Å². The van der Waals surface area contributed by atoms with Gasteiger partial charge in [0.1, 0.15) is 17.1 Å². The Hall–Kier alpha value is -1.74. The zero-order valence-corrected chi connectivity index (χ0v) is 8.34. The largest absolute Gasteiger partial charge is 0.508 e. The second-order valence-corrected chi connectivity index (χ2v) is 3.60. The summed E-state index contributed by atoms with van der Waals surface area (Å²) < 4.78 is 5.17. The van der Waals surface area contributed by atoms with E-state index in [9.17, 15) is 5.11 Å². The van der Waals surface area contributed by atoms with Gasteiger partial charge in [-0.2, -0.15) is 0 Å². The molecule has 2 N–H and O–H groups in total. The predicted molar refractivity (Wildman–Crippen MR) is 55.5 cm³/mol. The molecule has 0 spiro atoms. The van der Waals surface area contributed by atoms with Crippen molar-refractivity contribution in [3.05, 3.63) is 54.0 Å². The molecule has 0 saturated carbocycles. The molecule has 0 amide bonds. The molecule has 1 unspecified atom stereocenters. The Bertz CT molecular complexity index is 426. The minimum absolute atomic E-state index is 0.175. The van der Waals surface area contributed by atoms with Crippen LogP contribution in [0.3, 0.4) is 0 Å². The highest BCUT2D eigenvalue weighted by atomic mass is 16.4. The summed E-state index contributed by atoms with van der Waals surface area (Å²) in [5.41, 5.74) is -0.493. The molecule has 0 bridgehead atoms. The van der Waals surface area contributed by atoms with Crippen LogP contribution < -0.4 is 0 Å². The van der Waals surface area contributed by atoms with Crippen LogP contribution in [0.25, 0.3) is 0 Å². The van der Waals surface area contributed by atoms with Gasteiger partial charge >= 0.3 is 0 Å². The Morgan fingerprint density at radius 2 is 1.80 bits per heavy atom. The summed E-state index contributed by atoms with van der Waals surface area (Å²) in [4.78, 5) is 0. The van der Waals surface area contributed by atoms with Crippen LogP contribution in [0.1, 0.15) is 18.2 Å². The maximum atomic E-state index is 10.3. The van der Waals surface area contributed by atoms with Gasteiger partial charge < -0.3 is 14.6 Å². The summed E-state index contributed by atoms with van der Waals surface area (Å²) in [6.07, 6.45) is 1.52. The first-order chi connectivity index (χ1) is 7.10. The van der Waals surface area contributed by atoms with Gasteiger partial charge in [0.05, 0.1) is 6.26 Å². The summed E-state index contributed by atoms with van der Waals surface area (Å²) in [6.45, 7) is 1.65. The number of hydrogen-bond acceptors (Lipinski definition) is 3. The summed E-state index contributed by atoms with van der Waals surface area (Å²) in [7, 11) is 0. The molecule has 1 atom stereocenters. The predicted octanol–water partition coefficient (Wildman–Crippen LogP) is 2.24. The van der Waals surface area contributed by atoms with Crippen LogP contribution >= 0.6 is 0 Å². The molecule has 2 rings (SSSR count). The number of hydrogen-bond donors (Lipinski definition) is 2. The van der Waals surface area contributed by atoms with Gasteiger partial charge in [-0.1, -0.05) is 12.1 Å². The molecule has 0 aliphatic carbocycles. The summed E-state index contributed by atoms with van der Waals surface area (Å²) in [5.74, 6) is 0.655. The van der Waals surface area contributed by atoms with Gasteiger partial charge in [0.15, 0.2) is 0 Å².